The molecule has 0 aliphatic carbocycles. The number of hydrogen-bond acceptors (Lipinski definition) is 11. The lowest BCUT2D eigenvalue weighted by atomic mass is 9.93. The molecule has 410 valence electrons. The second-order valence-corrected chi connectivity index (χ2v) is 19.7. The van der Waals surface area contributed by atoms with Gasteiger partial charge in [0.05, 0.1) is 5.56 Å². The van der Waals surface area contributed by atoms with Crippen molar-refractivity contribution in [3.63, 3.8) is 0 Å². The second kappa shape index (κ2) is 26.7. The van der Waals surface area contributed by atoms with Crippen molar-refractivity contribution in [1.82, 2.24) is 0 Å². The average molecular weight is 1090 g/mol. The van der Waals surface area contributed by atoms with Crippen molar-refractivity contribution in [2.24, 2.45) is 0 Å². The minimum Gasteiger partial charge on any atom is -0.502 e. The fraction of sp³-hybridized carbons (Fsp3) is 0.141. The van der Waals surface area contributed by atoms with Gasteiger partial charge < -0.3 is 47.7 Å². The third-order valence-electron chi connectivity index (χ3n) is 13.7. The van der Waals surface area contributed by atoms with Crippen molar-refractivity contribution >= 4 is 5.97 Å². The lowest BCUT2D eigenvalue weighted by Gasteiger charge is -2.35. The first kappa shape index (κ1) is 53.9. The van der Waals surface area contributed by atoms with Crippen molar-refractivity contribution in [1.29, 1.82) is 0 Å². The maximum Gasteiger partial charge on any atom is 0.338 e. The molecule has 1 aliphatic rings. The Balaban J connectivity index is 1.00. The van der Waals surface area contributed by atoms with E-state index in [1.807, 2.05) is 224 Å². The molecule has 11 rings (SSSR count). The van der Waals surface area contributed by atoms with Crippen molar-refractivity contribution < 1.29 is 52.5 Å². The van der Waals surface area contributed by atoms with E-state index >= 15 is 4.79 Å². The Morgan fingerprint density at radius 3 is 1.12 bits per heavy atom. The largest absolute Gasteiger partial charge is 0.502 e. The van der Waals surface area contributed by atoms with E-state index in [4.69, 9.17) is 42.6 Å². The number of rotatable bonds is 24. The Kier molecular flexibility index (Phi) is 17.5. The fourth-order valence-electron chi connectivity index (χ4n) is 9.41. The van der Waals surface area contributed by atoms with Gasteiger partial charge in [-0.3, -0.25) is 0 Å². The molecule has 1 aliphatic heterocycles. The van der Waals surface area contributed by atoms with Gasteiger partial charge in [0.15, 0.2) is 29.1 Å². The molecule has 10 aromatic rings. The van der Waals surface area contributed by atoms with Crippen LogP contribution < -0.4 is 37.9 Å². The van der Waals surface area contributed by atoms with Gasteiger partial charge in [0.25, 0.3) is 0 Å². The van der Waals surface area contributed by atoms with E-state index < -0.39 is 18.2 Å². The van der Waals surface area contributed by atoms with Crippen LogP contribution in [0.3, 0.4) is 0 Å². The van der Waals surface area contributed by atoms with Gasteiger partial charge in [0, 0.05) is 29.7 Å². The van der Waals surface area contributed by atoms with Crippen molar-refractivity contribution in [2.45, 2.75) is 64.9 Å². The van der Waals surface area contributed by atoms with Crippen LogP contribution in [0.4, 0.5) is 0 Å². The summed E-state index contributed by atoms with van der Waals surface area (Å²) in [7, 11) is 0. The Bertz CT molecular complexity index is 3510. The van der Waals surface area contributed by atoms with Crippen LogP contribution in [0, 0.1) is 0 Å². The van der Waals surface area contributed by atoms with Crippen LogP contribution in [0.15, 0.2) is 249 Å². The maximum absolute atomic E-state index is 15.4. The number of ether oxygens (including phenoxy) is 9. The predicted octanol–water partition coefficient (Wildman–Crippen LogP) is 15.3. The summed E-state index contributed by atoms with van der Waals surface area (Å²) in [4.78, 5) is 15.4. The highest BCUT2D eigenvalue weighted by atomic mass is 16.6. The van der Waals surface area contributed by atoms with E-state index in [1.54, 1.807) is 24.3 Å². The zero-order valence-corrected chi connectivity index (χ0v) is 45.0. The van der Waals surface area contributed by atoms with E-state index in [1.165, 1.54) is 0 Å². The predicted molar refractivity (Wildman–Crippen MR) is 313 cm³/mol. The van der Waals surface area contributed by atoms with Crippen LogP contribution in [-0.2, 0) is 57.4 Å². The second-order valence-electron chi connectivity index (χ2n) is 19.7. The molecular formula is C71H60O11. The number of aromatic hydroxyl groups is 1. The van der Waals surface area contributed by atoms with Crippen molar-refractivity contribution in [3.05, 3.63) is 304 Å². The molecule has 0 saturated heterocycles. The third kappa shape index (κ3) is 14.2. The molecule has 10 aromatic carbocycles. The molecular weight excluding hydrogens is 1030 g/mol. The minimum atomic E-state index is -1.03. The molecule has 0 aromatic heterocycles. The zero-order valence-electron chi connectivity index (χ0n) is 45.0. The van der Waals surface area contributed by atoms with E-state index in [9.17, 15) is 5.11 Å². The molecule has 0 unspecified atom stereocenters. The standard InChI is InChI=1S/C71H60O11/c72-68-63(76-45-52-26-12-3-13-27-52)36-57(37-64(68)77-46-53-28-14-4-15-29-53)69-67(42-60-61(75-44-51-24-10-2-11-25-51)40-59(41-62(60)81-69)74-43-50-22-8-1-9-23-50)82-71(73)58-38-65(78-47-54-30-16-5-17-31-54)70(80-49-56-34-20-7-21-35-56)66(39-58)79-48-55-32-18-6-19-33-55/h1-41,67,69,72H,42-49H2/t67-,69-/m1/s1. The number of hydrogen-bond donors (Lipinski definition) is 1. The summed E-state index contributed by atoms with van der Waals surface area (Å²) in [6, 6.07) is 78.7. The number of benzene rings is 10. The van der Waals surface area contributed by atoms with E-state index in [2.05, 4.69) is 0 Å². The highest BCUT2D eigenvalue weighted by Crippen LogP contribution is 2.48. The summed E-state index contributed by atoms with van der Waals surface area (Å²) < 4.78 is 59.6. The average Bonchev–Trinajstić information content (AvgIpc) is 3.73. The number of carbonyl (C=O) groups is 1. The highest BCUT2D eigenvalue weighted by Gasteiger charge is 2.38. The molecule has 0 saturated carbocycles. The molecule has 11 heteroatoms. The normalized spacial score (nSPS) is 13.4. The molecule has 0 bridgehead atoms. The molecule has 11 nitrogen and oxygen atoms in total. The first-order chi connectivity index (χ1) is 40.4. The molecule has 82 heavy (non-hydrogen) atoms. The number of esters is 1. The highest BCUT2D eigenvalue weighted by molar-refractivity contribution is 5.91. The first-order valence-electron chi connectivity index (χ1n) is 27.2. The summed E-state index contributed by atoms with van der Waals surface area (Å²) in [5.41, 5.74) is 7.73. The van der Waals surface area contributed by atoms with Gasteiger partial charge in [-0.25, -0.2) is 4.79 Å². The quantitative estimate of drug-likeness (QED) is 0.0582. The molecule has 0 radical (unpaired) electrons. The van der Waals surface area contributed by atoms with Crippen LogP contribution in [0.25, 0.3) is 0 Å². The summed E-state index contributed by atoms with van der Waals surface area (Å²) >= 11 is 0. The number of phenols is 1. The zero-order chi connectivity index (χ0) is 55.7. The third-order valence-corrected chi connectivity index (χ3v) is 13.7. The molecule has 2 atom stereocenters. The summed E-state index contributed by atoms with van der Waals surface area (Å²) in [6.45, 7) is 1.34. The monoisotopic (exact) mass is 1090 g/mol. The van der Waals surface area contributed by atoms with Crippen molar-refractivity contribution in [2.75, 3.05) is 0 Å². The molecule has 0 amide bonds. The summed E-state index contributed by atoms with van der Waals surface area (Å²) in [6.07, 6.45) is -1.92. The first-order valence-corrected chi connectivity index (χ1v) is 27.2. The molecule has 1 N–H and O–H groups in total. The van der Waals surface area contributed by atoms with Crippen LogP contribution in [-0.4, -0.2) is 17.2 Å². The number of phenolic OH excluding ortho intramolecular Hbond substituents is 1. The molecule has 0 fully saturated rings. The Morgan fingerprint density at radius 2 is 0.732 bits per heavy atom. The van der Waals surface area contributed by atoms with E-state index in [-0.39, 0.29) is 87.0 Å². The van der Waals surface area contributed by atoms with Gasteiger partial charge >= 0.3 is 5.97 Å². The maximum atomic E-state index is 15.4. The minimum absolute atomic E-state index is 0.128. The summed E-state index contributed by atoms with van der Waals surface area (Å²) in [5, 5.41) is 11.9. The summed E-state index contributed by atoms with van der Waals surface area (Å²) in [5.74, 6) is 1.70. The van der Waals surface area contributed by atoms with E-state index in [0.717, 1.165) is 38.9 Å². The fourth-order valence-corrected chi connectivity index (χ4v) is 9.41. The van der Waals surface area contributed by atoms with Crippen LogP contribution in [0.5, 0.6) is 51.7 Å². The van der Waals surface area contributed by atoms with Gasteiger partial charge in [-0.1, -0.05) is 212 Å². The SMILES string of the molecule is O=C(O[C@@H]1Cc2c(OCc3ccccc3)cc(OCc3ccccc3)cc2O[C@@H]1c1cc(OCc2ccccc2)c(O)c(OCc2ccccc2)c1)c1cc(OCc2ccccc2)c(OCc2ccccc2)c(OCc2ccccc2)c1. The van der Waals surface area contributed by atoms with Crippen LogP contribution in [0.2, 0.25) is 0 Å². The lowest BCUT2D eigenvalue weighted by Crippen LogP contribution is -2.35. The topological polar surface area (TPSA) is 120 Å². The van der Waals surface area contributed by atoms with Gasteiger partial charge in [0.2, 0.25) is 11.5 Å². The lowest BCUT2D eigenvalue weighted by molar-refractivity contribution is -0.0191. The van der Waals surface area contributed by atoms with Gasteiger partial charge in [-0.15, -0.1) is 0 Å². The Morgan fingerprint density at radius 1 is 0.390 bits per heavy atom. The Hall–Kier alpha value is -10.1. The Labute approximate surface area is 477 Å². The smallest absolute Gasteiger partial charge is 0.338 e. The number of fused-ring (bicyclic) bond motifs is 1. The van der Waals surface area contributed by atoms with Gasteiger partial charge in [0.1, 0.15) is 69.6 Å². The van der Waals surface area contributed by atoms with E-state index in [0.29, 0.717) is 34.1 Å². The van der Waals surface area contributed by atoms with Crippen molar-refractivity contribution in [3.8, 4) is 51.7 Å². The van der Waals surface area contributed by atoms with Crippen LogP contribution >= 0.6 is 0 Å². The molecule has 0 spiro atoms. The van der Waals surface area contributed by atoms with Gasteiger partial charge in [-0.05, 0) is 63.2 Å². The van der Waals surface area contributed by atoms with Crippen LogP contribution in [0.1, 0.15) is 66.5 Å². The number of carbonyl (C=O) groups excluding carboxylic acids is 1. The molecule has 1 heterocycles. The van der Waals surface area contributed by atoms with Gasteiger partial charge in [-0.2, -0.15) is 0 Å².